The first-order valence-electron chi connectivity index (χ1n) is 6.84. The molecule has 0 N–H and O–H groups in total. The highest BCUT2D eigenvalue weighted by atomic mass is 16.5. The third kappa shape index (κ3) is 3.04. The summed E-state index contributed by atoms with van der Waals surface area (Å²) in [4.78, 5) is 20.8. The lowest BCUT2D eigenvalue weighted by Crippen LogP contribution is -2.39. The number of morpholine rings is 1. The first kappa shape index (κ1) is 13.8. The van der Waals surface area contributed by atoms with Crippen molar-refractivity contribution in [1.29, 1.82) is 0 Å². The van der Waals surface area contributed by atoms with Gasteiger partial charge in [0, 0.05) is 32.4 Å². The lowest BCUT2D eigenvalue weighted by Gasteiger charge is -2.30. The van der Waals surface area contributed by atoms with Crippen LogP contribution in [0.3, 0.4) is 0 Å². The van der Waals surface area contributed by atoms with Gasteiger partial charge in [0.2, 0.25) is 0 Å². The van der Waals surface area contributed by atoms with Crippen LogP contribution in [0.4, 0.5) is 5.82 Å². The van der Waals surface area contributed by atoms with Gasteiger partial charge in [-0.1, -0.05) is 0 Å². The second-order valence-electron chi connectivity index (χ2n) is 4.45. The number of hydrogen-bond donors (Lipinski definition) is 0. The molecule has 0 atom stereocenters. The maximum atomic E-state index is 12.5. The Morgan fingerprint density at radius 1 is 1.37 bits per heavy atom. The van der Waals surface area contributed by atoms with E-state index in [1.807, 2.05) is 30.9 Å². The highest BCUT2D eigenvalue weighted by molar-refractivity contribution is 5.98. The molecule has 1 aliphatic heterocycles. The highest BCUT2D eigenvalue weighted by Crippen LogP contribution is 2.20. The van der Waals surface area contributed by atoms with E-state index in [0.717, 1.165) is 18.9 Å². The molecule has 1 saturated heterocycles. The van der Waals surface area contributed by atoms with Gasteiger partial charge in [-0.05, 0) is 26.0 Å². The van der Waals surface area contributed by atoms with E-state index in [-0.39, 0.29) is 5.91 Å². The molecular weight excluding hydrogens is 242 g/mol. The number of rotatable bonds is 4. The van der Waals surface area contributed by atoms with Gasteiger partial charge in [0.05, 0.1) is 18.8 Å². The van der Waals surface area contributed by atoms with Gasteiger partial charge in [-0.25, -0.2) is 4.98 Å². The van der Waals surface area contributed by atoms with Gasteiger partial charge in [-0.2, -0.15) is 0 Å². The molecule has 5 heteroatoms. The summed E-state index contributed by atoms with van der Waals surface area (Å²) in [6, 6.07) is 3.68. The fourth-order valence-corrected chi connectivity index (χ4v) is 2.27. The minimum atomic E-state index is 0.0552. The van der Waals surface area contributed by atoms with Crippen molar-refractivity contribution in [2.75, 3.05) is 44.3 Å². The van der Waals surface area contributed by atoms with E-state index in [4.69, 9.17) is 4.74 Å². The van der Waals surface area contributed by atoms with Crippen molar-refractivity contribution in [3.63, 3.8) is 0 Å². The molecule has 104 valence electrons. The quantitative estimate of drug-likeness (QED) is 0.824. The monoisotopic (exact) mass is 263 g/mol. The summed E-state index contributed by atoms with van der Waals surface area (Å²) in [6.45, 7) is 8.37. The van der Waals surface area contributed by atoms with Gasteiger partial charge < -0.3 is 14.5 Å². The van der Waals surface area contributed by atoms with Crippen molar-refractivity contribution in [3.05, 3.63) is 23.9 Å². The molecule has 1 amide bonds. The number of carbonyl (C=O) groups is 1. The van der Waals surface area contributed by atoms with E-state index in [1.165, 1.54) is 0 Å². The zero-order chi connectivity index (χ0) is 13.7. The predicted octanol–water partition coefficient (Wildman–Crippen LogP) is 1.40. The molecule has 19 heavy (non-hydrogen) atoms. The number of aromatic nitrogens is 1. The van der Waals surface area contributed by atoms with Crippen molar-refractivity contribution in [3.8, 4) is 0 Å². The molecule has 5 nitrogen and oxygen atoms in total. The molecule has 0 saturated carbocycles. The maximum absolute atomic E-state index is 12.5. The normalized spacial score (nSPS) is 15.4. The van der Waals surface area contributed by atoms with Gasteiger partial charge in [-0.3, -0.25) is 4.79 Å². The Hall–Kier alpha value is -1.62. The topological polar surface area (TPSA) is 45.7 Å². The Kier molecular flexibility index (Phi) is 4.74. The van der Waals surface area contributed by atoms with Crippen LogP contribution in [-0.2, 0) is 4.74 Å². The molecule has 2 rings (SSSR count). The number of pyridine rings is 1. The average molecular weight is 263 g/mol. The Balaban J connectivity index is 2.27. The molecule has 1 fully saturated rings. The average Bonchev–Trinajstić information content (AvgIpc) is 2.49. The molecule has 1 aromatic rings. The Labute approximate surface area is 114 Å². The molecule has 0 aromatic carbocycles. The minimum absolute atomic E-state index is 0.0552. The summed E-state index contributed by atoms with van der Waals surface area (Å²) in [5.41, 5.74) is 0.688. The fourth-order valence-electron chi connectivity index (χ4n) is 2.27. The first-order chi connectivity index (χ1) is 9.27. The second kappa shape index (κ2) is 6.52. The zero-order valence-electron chi connectivity index (χ0n) is 11.6. The summed E-state index contributed by atoms with van der Waals surface area (Å²) in [5.74, 6) is 0.835. The Morgan fingerprint density at radius 3 is 2.68 bits per heavy atom. The van der Waals surface area contributed by atoms with E-state index in [9.17, 15) is 4.79 Å². The number of hydrogen-bond acceptors (Lipinski definition) is 4. The van der Waals surface area contributed by atoms with Crippen LogP contribution in [0.25, 0.3) is 0 Å². The molecule has 0 bridgehead atoms. The van der Waals surface area contributed by atoms with Gasteiger partial charge in [-0.15, -0.1) is 0 Å². The van der Waals surface area contributed by atoms with Crippen molar-refractivity contribution < 1.29 is 9.53 Å². The summed E-state index contributed by atoms with van der Waals surface area (Å²) < 4.78 is 5.35. The van der Waals surface area contributed by atoms with Crippen LogP contribution in [0.2, 0.25) is 0 Å². The number of carbonyl (C=O) groups excluding carboxylic acids is 1. The molecule has 0 unspecified atom stereocenters. The van der Waals surface area contributed by atoms with Crippen molar-refractivity contribution in [2.24, 2.45) is 0 Å². The van der Waals surface area contributed by atoms with Crippen LogP contribution < -0.4 is 4.90 Å². The van der Waals surface area contributed by atoms with Gasteiger partial charge in [0.25, 0.3) is 5.91 Å². The molecule has 1 aromatic heterocycles. The summed E-state index contributed by atoms with van der Waals surface area (Å²) in [5, 5.41) is 0. The van der Waals surface area contributed by atoms with Crippen LogP contribution in [0.15, 0.2) is 18.3 Å². The van der Waals surface area contributed by atoms with E-state index in [1.54, 1.807) is 6.20 Å². The van der Waals surface area contributed by atoms with E-state index >= 15 is 0 Å². The molecule has 0 spiro atoms. The van der Waals surface area contributed by atoms with Crippen LogP contribution >= 0.6 is 0 Å². The number of amides is 1. The van der Waals surface area contributed by atoms with Gasteiger partial charge >= 0.3 is 0 Å². The first-order valence-corrected chi connectivity index (χ1v) is 6.84. The van der Waals surface area contributed by atoms with E-state index in [0.29, 0.717) is 31.9 Å². The second-order valence-corrected chi connectivity index (χ2v) is 4.45. The highest BCUT2D eigenvalue weighted by Gasteiger charge is 2.22. The Bertz CT molecular complexity index is 426. The van der Waals surface area contributed by atoms with Crippen molar-refractivity contribution in [2.45, 2.75) is 13.8 Å². The van der Waals surface area contributed by atoms with Crippen LogP contribution in [0, 0.1) is 0 Å². The SMILES string of the molecule is CCN(CC)C(=O)c1cccnc1N1CCOCC1. The lowest BCUT2D eigenvalue weighted by molar-refractivity contribution is 0.0772. The molecular formula is C14H21N3O2. The van der Waals surface area contributed by atoms with E-state index < -0.39 is 0 Å². The maximum Gasteiger partial charge on any atom is 0.257 e. The summed E-state index contributed by atoms with van der Waals surface area (Å²) in [7, 11) is 0. The number of ether oxygens (including phenoxy) is 1. The summed E-state index contributed by atoms with van der Waals surface area (Å²) >= 11 is 0. The Morgan fingerprint density at radius 2 is 2.05 bits per heavy atom. The van der Waals surface area contributed by atoms with E-state index in [2.05, 4.69) is 9.88 Å². The molecule has 0 radical (unpaired) electrons. The van der Waals surface area contributed by atoms with Gasteiger partial charge in [0.1, 0.15) is 5.82 Å². The number of nitrogens with zero attached hydrogens (tertiary/aromatic N) is 3. The van der Waals surface area contributed by atoms with Crippen LogP contribution in [0.5, 0.6) is 0 Å². The third-order valence-corrected chi connectivity index (χ3v) is 3.38. The summed E-state index contributed by atoms with van der Waals surface area (Å²) in [6.07, 6.45) is 1.74. The third-order valence-electron chi connectivity index (χ3n) is 3.38. The van der Waals surface area contributed by atoms with Crippen LogP contribution in [-0.4, -0.2) is 55.2 Å². The predicted molar refractivity (Wildman–Crippen MR) is 74.5 cm³/mol. The molecule has 2 heterocycles. The van der Waals surface area contributed by atoms with Crippen molar-refractivity contribution >= 4 is 11.7 Å². The molecule has 0 aliphatic carbocycles. The largest absolute Gasteiger partial charge is 0.378 e. The minimum Gasteiger partial charge on any atom is -0.378 e. The number of anilines is 1. The van der Waals surface area contributed by atoms with Gasteiger partial charge in [0.15, 0.2) is 0 Å². The van der Waals surface area contributed by atoms with Crippen molar-refractivity contribution in [1.82, 2.24) is 9.88 Å². The standard InChI is InChI=1S/C14H21N3O2/c1-3-16(4-2)14(18)12-6-5-7-15-13(12)17-8-10-19-11-9-17/h5-7H,3-4,8-11H2,1-2H3. The fraction of sp³-hybridized carbons (Fsp3) is 0.571. The lowest BCUT2D eigenvalue weighted by atomic mass is 10.2. The zero-order valence-corrected chi connectivity index (χ0v) is 11.6. The smallest absolute Gasteiger partial charge is 0.257 e. The van der Waals surface area contributed by atoms with Crippen LogP contribution in [0.1, 0.15) is 24.2 Å². The molecule has 1 aliphatic rings.